The fraction of sp³-hybridized carbons (Fsp3) is 0.250. The van der Waals surface area contributed by atoms with Crippen LogP contribution in [0, 0.1) is 0 Å². The van der Waals surface area contributed by atoms with Crippen LogP contribution in [-0.2, 0) is 5.41 Å². The Morgan fingerprint density at radius 2 is 1.67 bits per heavy atom. The zero-order chi connectivity index (χ0) is 12.8. The maximum absolute atomic E-state index is 4.69. The van der Waals surface area contributed by atoms with Gasteiger partial charge in [0.1, 0.15) is 5.82 Å². The van der Waals surface area contributed by atoms with E-state index in [0.717, 1.165) is 16.7 Å². The highest BCUT2D eigenvalue weighted by atomic mass is 14.9. The predicted molar refractivity (Wildman–Crippen MR) is 75.7 cm³/mol. The lowest BCUT2D eigenvalue weighted by molar-refractivity contribution is 0.548. The Hall–Kier alpha value is -1.96. The van der Waals surface area contributed by atoms with E-state index >= 15 is 0 Å². The molecule has 0 radical (unpaired) electrons. The predicted octanol–water partition coefficient (Wildman–Crippen LogP) is 4.08. The molecule has 2 heteroatoms. The van der Waals surface area contributed by atoms with Crippen molar-refractivity contribution in [2.45, 2.75) is 26.2 Å². The van der Waals surface area contributed by atoms with Gasteiger partial charge in [-0.1, -0.05) is 51.1 Å². The van der Waals surface area contributed by atoms with Gasteiger partial charge in [-0.15, -0.1) is 0 Å². The molecule has 0 bridgehead atoms. The molecule has 0 unspecified atom stereocenters. The van der Waals surface area contributed by atoms with Gasteiger partial charge in [0.05, 0.1) is 5.52 Å². The molecule has 0 amide bonds. The molecule has 1 aromatic heterocycles. The molecule has 2 nitrogen and oxygen atoms in total. The van der Waals surface area contributed by atoms with Gasteiger partial charge in [0.2, 0.25) is 0 Å². The molecular formula is C16H16N2. The van der Waals surface area contributed by atoms with Gasteiger partial charge in [-0.05, 0) is 16.8 Å². The number of hydrogen-bond donors (Lipinski definition) is 0. The van der Waals surface area contributed by atoms with Gasteiger partial charge in [0, 0.05) is 17.0 Å². The van der Waals surface area contributed by atoms with Crippen molar-refractivity contribution < 1.29 is 0 Å². The largest absolute Gasteiger partial charge is 0.240 e. The Bertz CT molecular complexity index is 724. The first-order valence-corrected chi connectivity index (χ1v) is 6.21. The van der Waals surface area contributed by atoms with Gasteiger partial charge >= 0.3 is 0 Å². The molecule has 90 valence electrons. The summed E-state index contributed by atoms with van der Waals surface area (Å²) in [4.78, 5) is 9.20. The van der Waals surface area contributed by atoms with Gasteiger partial charge in [-0.25, -0.2) is 9.97 Å². The van der Waals surface area contributed by atoms with Crippen molar-refractivity contribution in [3.05, 3.63) is 48.4 Å². The standard InChI is InChI=1S/C16H16N2/c1-16(2,3)15-17-10-13-12-7-5-4-6-11(12)8-9-14(13)18-15/h4-10H,1-3H3. The second-order valence-electron chi connectivity index (χ2n) is 5.66. The lowest BCUT2D eigenvalue weighted by Crippen LogP contribution is -2.15. The van der Waals surface area contributed by atoms with E-state index in [9.17, 15) is 0 Å². The van der Waals surface area contributed by atoms with Crippen molar-refractivity contribution >= 4 is 21.7 Å². The van der Waals surface area contributed by atoms with Gasteiger partial charge in [0.15, 0.2) is 0 Å². The van der Waals surface area contributed by atoms with E-state index in [-0.39, 0.29) is 5.41 Å². The first-order chi connectivity index (χ1) is 8.55. The highest BCUT2D eigenvalue weighted by Gasteiger charge is 2.17. The topological polar surface area (TPSA) is 25.8 Å². The number of nitrogens with zero attached hydrogens (tertiary/aromatic N) is 2. The summed E-state index contributed by atoms with van der Waals surface area (Å²) in [6, 6.07) is 12.5. The van der Waals surface area contributed by atoms with Crippen molar-refractivity contribution in [2.24, 2.45) is 0 Å². The lowest BCUT2D eigenvalue weighted by Gasteiger charge is -2.16. The molecule has 0 atom stereocenters. The maximum atomic E-state index is 4.69. The third-order valence-electron chi connectivity index (χ3n) is 3.16. The van der Waals surface area contributed by atoms with Crippen LogP contribution in [0.1, 0.15) is 26.6 Å². The Morgan fingerprint density at radius 3 is 2.44 bits per heavy atom. The third-order valence-corrected chi connectivity index (χ3v) is 3.16. The normalized spacial score (nSPS) is 12.2. The smallest absolute Gasteiger partial charge is 0.134 e. The summed E-state index contributed by atoms with van der Waals surface area (Å²) < 4.78 is 0. The zero-order valence-electron chi connectivity index (χ0n) is 10.9. The maximum Gasteiger partial charge on any atom is 0.134 e. The molecule has 0 N–H and O–H groups in total. The summed E-state index contributed by atoms with van der Waals surface area (Å²) in [5.41, 5.74) is 1.01. The molecule has 1 heterocycles. The third kappa shape index (κ3) is 1.74. The lowest BCUT2D eigenvalue weighted by atomic mass is 9.95. The first-order valence-electron chi connectivity index (χ1n) is 6.21. The van der Waals surface area contributed by atoms with E-state index in [0.29, 0.717) is 0 Å². The van der Waals surface area contributed by atoms with Crippen LogP contribution in [0.2, 0.25) is 0 Å². The number of aromatic nitrogens is 2. The molecule has 0 aliphatic rings. The van der Waals surface area contributed by atoms with Crippen molar-refractivity contribution in [1.82, 2.24) is 9.97 Å². The second-order valence-corrected chi connectivity index (χ2v) is 5.66. The highest BCUT2D eigenvalue weighted by molar-refractivity contribution is 6.05. The number of fused-ring (bicyclic) bond motifs is 3. The molecule has 0 fully saturated rings. The SMILES string of the molecule is CC(C)(C)c1ncc2c(ccc3ccccc32)n1. The van der Waals surface area contributed by atoms with Gasteiger partial charge in [-0.3, -0.25) is 0 Å². The van der Waals surface area contributed by atoms with Crippen molar-refractivity contribution in [3.63, 3.8) is 0 Å². The first kappa shape index (κ1) is 11.1. The van der Waals surface area contributed by atoms with Crippen LogP contribution >= 0.6 is 0 Å². The molecule has 0 aliphatic heterocycles. The zero-order valence-corrected chi connectivity index (χ0v) is 10.9. The van der Waals surface area contributed by atoms with E-state index in [2.05, 4.69) is 67.1 Å². The summed E-state index contributed by atoms with van der Waals surface area (Å²) in [6.07, 6.45) is 1.95. The van der Waals surface area contributed by atoms with Crippen molar-refractivity contribution in [1.29, 1.82) is 0 Å². The van der Waals surface area contributed by atoms with Crippen LogP contribution in [0.15, 0.2) is 42.6 Å². The van der Waals surface area contributed by atoms with Crippen molar-refractivity contribution in [3.8, 4) is 0 Å². The number of hydrogen-bond acceptors (Lipinski definition) is 2. The van der Waals surface area contributed by atoms with E-state index in [4.69, 9.17) is 0 Å². The van der Waals surface area contributed by atoms with Crippen LogP contribution in [0.4, 0.5) is 0 Å². The minimum atomic E-state index is -0.0141. The summed E-state index contributed by atoms with van der Waals surface area (Å²) in [7, 11) is 0. The minimum absolute atomic E-state index is 0.0141. The van der Waals surface area contributed by atoms with Gasteiger partial charge in [0.25, 0.3) is 0 Å². The molecule has 3 aromatic rings. The Morgan fingerprint density at radius 1 is 0.889 bits per heavy atom. The highest BCUT2D eigenvalue weighted by Crippen LogP contribution is 2.26. The Labute approximate surface area is 107 Å². The van der Waals surface area contributed by atoms with E-state index in [1.807, 2.05) is 6.20 Å². The number of benzene rings is 2. The summed E-state index contributed by atoms with van der Waals surface area (Å²) in [5.74, 6) is 0.894. The monoisotopic (exact) mass is 236 g/mol. The fourth-order valence-corrected chi connectivity index (χ4v) is 2.15. The van der Waals surface area contributed by atoms with Gasteiger partial charge < -0.3 is 0 Å². The Balaban J connectivity index is 2.35. The molecule has 0 spiro atoms. The van der Waals surface area contributed by atoms with Crippen LogP contribution in [0.5, 0.6) is 0 Å². The summed E-state index contributed by atoms with van der Waals surface area (Å²) in [6.45, 7) is 6.40. The van der Waals surface area contributed by atoms with E-state index in [1.165, 1.54) is 10.8 Å². The average molecular weight is 236 g/mol. The number of rotatable bonds is 0. The van der Waals surface area contributed by atoms with Crippen LogP contribution in [0.25, 0.3) is 21.7 Å². The molecular weight excluding hydrogens is 220 g/mol. The van der Waals surface area contributed by atoms with E-state index in [1.54, 1.807) is 0 Å². The van der Waals surface area contributed by atoms with Crippen LogP contribution < -0.4 is 0 Å². The molecule has 2 aromatic carbocycles. The van der Waals surface area contributed by atoms with Gasteiger partial charge in [-0.2, -0.15) is 0 Å². The quantitative estimate of drug-likeness (QED) is 0.550. The van der Waals surface area contributed by atoms with Crippen LogP contribution in [0.3, 0.4) is 0 Å². The molecule has 0 aliphatic carbocycles. The summed E-state index contributed by atoms with van der Waals surface area (Å²) >= 11 is 0. The average Bonchev–Trinajstić information content (AvgIpc) is 2.37. The molecule has 0 saturated carbocycles. The second kappa shape index (κ2) is 3.77. The summed E-state index contributed by atoms with van der Waals surface area (Å²) in [5, 5.41) is 3.58. The Kier molecular flexibility index (Phi) is 2.34. The van der Waals surface area contributed by atoms with Crippen LogP contribution in [-0.4, -0.2) is 9.97 Å². The molecule has 3 rings (SSSR count). The van der Waals surface area contributed by atoms with Crippen molar-refractivity contribution in [2.75, 3.05) is 0 Å². The minimum Gasteiger partial charge on any atom is -0.240 e. The molecule has 0 saturated heterocycles. The van der Waals surface area contributed by atoms with E-state index < -0.39 is 0 Å². The molecule has 18 heavy (non-hydrogen) atoms. The fourth-order valence-electron chi connectivity index (χ4n) is 2.15.